The van der Waals surface area contributed by atoms with Crippen LogP contribution >= 0.6 is 0 Å². The van der Waals surface area contributed by atoms with E-state index in [4.69, 9.17) is 4.74 Å². The number of hydrogen-bond acceptors (Lipinski definition) is 2. The molecule has 0 bridgehead atoms. The number of rotatable bonds is 0. The summed E-state index contributed by atoms with van der Waals surface area (Å²) in [6.07, 6.45) is 9.23. The molecule has 1 N–H and O–H groups in total. The van der Waals surface area contributed by atoms with Gasteiger partial charge in [0.1, 0.15) is 6.61 Å². The standard InChI is InChI=1S/C5H6O.C4H7NO/c1-2-4-6-5-3-1;6-4-2-1-3-5-4/h1-4H,5H2;1-3H2,(H,5,6). The van der Waals surface area contributed by atoms with Gasteiger partial charge >= 0.3 is 0 Å². The predicted molar refractivity (Wildman–Crippen MR) is 46.5 cm³/mol. The molecule has 3 heteroatoms. The first-order valence-corrected chi connectivity index (χ1v) is 4.09. The van der Waals surface area contributed by atoms with Crippen molar-refractivity contribution in [3.8, 4) is 0 Å². The number of ether oxygens (including phenoxy) is 1. The largest absolute Gasteiger partial charge is 0.497 e. The molecular formula is C9H13NO2. The summed E-state index contributed by atoms with van der Waals surface area (Å²) in [5.74, 6) is 0.204. The van der Waals surface area contributed by atoms with Crippen molar-refractivity contribution < 1.29 is 9.53 Å². The van der Waals surface area contributed by atoms with Crippen molar-refractivity contribution in [3.63, 3.8) is 0 Å². The number of hydrogen-bond donors (Lipinski definition) is 1. The lowest BCUT2D eigenvalue weighted by molar-refractivity contribution is -0.119. The van der Waals surface area contributed by atoms with Crippen LogP contribution in [0.2, 0.25) is 0 Å². The number of nitrogens with one attached hydrogen (secondary N) is 1. The zero-order chi connectivity index (χ0) is 8.65. The lowest BCUT2D eigenvalue weighted by Gasteiger charge is -1.94. The van der Waals surface area contributed by atoms with E-state index >= 15 is 0 Å². The van der Waals surface area contributed by atoms with Gasteiger partial charge in [-0.3, -0.25) is 4.79 Å². The average Bonchev–Trinajstić information content (AvgIpc) is 2.60. The molecule has 0 aliphatic carbocycles. The number of carbonyl (C=O) groups excluding carboxylic acids is 1. The number of carbonyl (C=O) groups is 1. The van der Waals surface area contributed by atoms with Gasteiger partial charge in [-0.05, 0) is 18.6 Å². The van der Waals surface area contributed by atoms with Crippen molar-refractivity contribution in [2.75, 3.05) is 13.2 Å². The van der Waals surface area contributed by atoms with Crippen LogP contribution in [0.15, 0.2) is 24.5 Å². The van der Waals surface area contributed by atoms with Crippen molar-refractivity contribution in [1.82, 2.24) is 5.32 Å². The van der Waals surface area contributed by atoms with E-state index in [1.807, 2.05) is 18.2 Å². The van der Waals surface area contributed by atoms with E-state index in [0.717, 1.165) is 26.0 Å². The first-order chi connectivity index (χ1) is 5.89. The SMILES string of the molecule is C1=CCOC=C1.O=C1CCCN1. The van der Waals surface area contributed by atoms with Gasteiger partial charge in [0.15, 0.2) is 0 Å². The van der Waals surface area contributed by atoms with E-state index in [1.165, 1.54) is 0 Å². The monoisotopic (exact) mass is 167 g/mol. The second kappa shape index (κ2) is 5.41. The highest BCUT2D eigenvalue weighted by Gasteiger charge is 2.05. The molecule has 0 unspecified atom stereocenters. The summed E-state index contributed by atoms with van der Waals surface area (Å²) in [5.41, 5.74) is 0. The molecular weight excluding hydrogens is 154 g/mol. The third-order valence-electron chi connectivity index (χ3n) is 1.52. The highest BCUT2D eigenvalue weighted by molar-refractivity contribution is 5.77. The molecule has 0 aromatic carbocycles. The van der Waals surface area contributed by atoms with Crippen LogP contribution in [-0.2, 0) is 9.53 Å². The number of amides is 1. The van der Waals surface area contributed by atoms with E-state index in [2.05, 4.69) is 5.32 Å². The zero-order valence-electron chi connectivity index (χ0n) is 6.95. The van der Waals surface area contributed by atoms with Gasteiger partial charge in [-0.25, -0.2) is 0 Å². The molecule has 0 aromatic heterocycles. The molecule has 12 heavy (non-hydrogen) atoms. The molecule has 0 atom stereocenters. The molecule has 0 saturated carbocycles. The molecule has 0 radical (unpaired) electrons. The first kappa shape index (κ1) is 8.84. The molecule has 3 nitrogen and oxygen atoms in total. The van der Waals surface area contributed by atoms with Crippen LogP contribution in [0, 0.1) is 0 Å². The van der Waals surface area contributed by atoms with Crippen LogP contribution in [0.3, 0.4) is 0 Å². The van der Waals surface area contributed by atoms with Gasteiger partial charge in [0.2, 0.25) is 5.91 Å². The molecule has 1 amide bonds. The Morgan fingerprint density at radius 3 is 2.50 bits per heavy atom. The maximum atomic E-state index is 10.1. The molecule has 2 rings (SSSR count). The van der Waals surface area contributed by atoms with Crippen LogP contribution in [-0.4, -0.2) is 19.1 Å². The lowest BCUT2D eigenvalue weighted by Crippen LogP contribution is -2.12. The van der Waals surface area contributed by atoms with Crippen LogP contribution in [0.4, 0.5) is 0 Å². The molecule has 2 heterocycles. The van der Waals surface area contributed by atoms with Crippen LogP contribution in [0.1, 0.15) is 12.8 Å². The molecule has 66 valence electrons. The van der Waals surface area contributed by atoms with Gasteiger partial charge in [0.25, 0.3) is 0 Å². The fourth-order valence-corrected chi connectivity index (χ4v) is 0.911. The Bertz CT molecular complexity index is 177. The van der Waals surface area contributed by atoms with Crippen molar-refractivity contribution >= 4 is 5.91 Å². The second-order valence-corrected chi connectivity index (χ2v) is 2.54. The Kier molecular flexibility index (Phi) is 3.98. The zero-order valence-corrected chi connectivity index (χ0v) is 6.95. The van der Waals surface area contributed by atoms with E-state index < -0.39 is 0 Å². The van der Waals surface area contributed by atoms with Gasteiger partial charge in [0, 0.05) is 13.0 Å². The minimum Gasteiger partial charge on any atom is -0.497 e. The van der Waals surface area contributed by atoms with Gasteiger partial charge in [-0.1, -0.05) is 6.08 Å². The molecule has 2 aliphatic rings. The van der Waals surface area contributed by atoms with Crippen molar-refractivity contribution in [2.45, 2.75) is 12.8 Å². The smallest absolute Gasteiger partial charge is 0.220 e. The quantitative estimate of drug-likeness (QED) is 0.584. The summed E-state index contributed by atoms with van der Waals surface area (Å²) in [4.78, 5) is 10.1. The van der Waals surface area contributed by atoms with Gasteiger partial charge in [0.05, 0.1) is 6.26 Å². The third kappa shape index (κ3) is 3.81. The average molecular weight is 167 g/mol. The Balaban J connectivity index is 0.000000120. The maximum Gasteiger partial charge on any atom is 0.220 e. The van der Waals surface area contributed by atoms with Gasteiger partial charge < -0.3 is 10.1 Å². The van der Waals surface area contributed by atoms with Crippen molar-refractivity contribution in [3.05, 3.63) is 24.5 Å². The first-order valence-electron chi connectivity index (χ1n) is 4.09. The van der Waals surface area contributed by atoms with Crippen LogP contribution < -0.4 is 5.32 Å². The van der Waals surface area contributed by atoms with E-state index in [9.17, 15) is 4.79 Å². The lowest BCUT2D eigenvalue weighted by atomic mass is 10.4. The Morgan fingerprint density at radius 2 is 2.33 bits per heavy atom. The maximum absolute atomic E-state index is 10.1. The fourth-order valence-electron chi connectivity index (χ4n) is 0.911. The Labute approximate surface area is 72.1 Å². The summed E-state index contributed by atoms with van der Waals surface area (Å²) in [7, 11) is 0. The minimum atomic E-state index is 0.204. The van der Waals surface area contributed by atoms with Crippen molar-refractivity contribution in [1.29, 1.82) is 0 Å². The van der Waals surface area contributed by atoms with E-state index in [-0.39, 0.29) is 5.91 Å². The topological polar surface area (TPSA) is 38.3 Å². The molecule has 2 aliphatic heterocycles. The summed E-state index contributed by atoms with van der Waals surface area (Å²) >= 11 is 0. The summed E-state index contributed by atoms with van der Waals surface area (Å²) < 4.78 is 4.80. The summed E-state index contributed by atoms with van der Waals surface area (Å²) in [5, 5.41) is 2.68. The molecule has 1 fully saturated rings. The number of allylic oxidation sites excluding steroid dienone is 2. The summed E-state index contributed by atoms with van der Waals surface area (Å²) in [6, 6.07) is 0. The van der Waals surface area contributed by atoms with E-state index in [1.54, 1.807) is 6.26 Å². The summed E-state index contributed by atoms with van der Waals surface area (Å²) in [6.45, 7) is 1.62. The third-order valence-corrected chi connectivity index (χ3v) is 1.52. The Morgan fingerprint density at radius 1 is 1.42 bits per heavy atom. The minimum absolute atomic E-state index is 0.204. The van der Waals surface area contributed by atoms with Crippen LogP contribution in [0.25, 0.3) is 0 Å². The predicted octanol–water partition coefficient (Wildman–Crippen LogP) is 0.983. The highest BCUT2D eigenvalue weighted by Crippen LogP contribution is 1.93. The van der Waals surface area contributed by atoms with Gasteiger partial charge in [-0.15, -0.1) is 0 Å². The molecule has 0 aromatic rings. The second-order valence-electron chi connectivity index (χ2n) is 2.54. The van der Waals surface area contributed by atoms with Crippen molar-refractivity contribution in [2.24, 2.45) is 0 Å². The molecule has 0 spiro atoms. The Hall–Kier alpha value is -1.25. The van der Waals surface area contributed by atoms with Gasteiger partial charge in [-0.2, -0.15) is 0 Å². The normalized spacial score (nSPS) is 19.2. The van der Waals surface area contributed by atoms with E-state index in [0.29, 0.717) is 0 Å². The van der Waals surface area contributed by atoms with Crippen LogP contribution in [0.5, 0.6) is 0 Å². The highest BCUT2D eigenvalue weighted by atomic mass is 16.5. The molecule has 1 saturated heterocycles. The fraction of sp³-hybridized carbons (Fsp3) is 0.444.